The van der Waals surface area contributed by atoms with Crippen molar-refractivity contribution in [3.05, 3.63) is 64.1 Å². The first kappa shape index (κ1) is 17.7. The van der Waals surface area contributed by atoms with E-state index in [4.69, 9.17) is 23.2 Å². The summed E-state index contributed by atoms with van der Waals surface area (Å²) in [4.78, 5) is 11.2. The van der Waals surface area contributed by atoms with Gasteiger partial charge in [-0.15, -0.1) is 0 Å². The highest BCUT2D eigenvalue weighted by molar-refractivity contribution is 7.89. The highest BCUT2D eigenvalue weighted by Crippen LogP contribution is 2.22. The summed E-state index contributed by atoms with van der Waals surface area (Å²) in [7, 11) is -4.07. The second-order valence-electron chi connectivity index (χ2n) is 4.81. The minimum Gasteiger partial charge on any atom is -0.480 e. The topological polar surface area (TPSA) is 83.5 Å². The van der Waals surface area contributed by atoms with Gasteiger partial charge < -0.3 is 5.11 Å². The summed E-state index contributed by atoms with van der Waals surface area (Å²) in [5.74, 6) is -1.27. The number of halogens is 2. The summed E-state index contributed by atoms with van der Waals surface area (Å²) in [5.41, 5.74) is 0.701. The van der Waals surface area contributed by atoms with Crippen LogP contribution < -0.4 is 4.72 Å². The van der Waals surface area contributed by atoms with Gasteiger partial charge in [-0.3, -0.25) is 4.79 Å². The Morgan fingerprint density at radius 1 is 1.09 bits per heavy atom. The Morgan fingerprint density at radius 2 is 1.65 bits per heavy atom. The van der Waals surface area contributed by atoms with Gasteiger partial charge in [0.1, 0.15) is 6.04 Å². The van der Waals surface area contributed by atoms with E-state index in [2.05, 4.69) is 4.72 Å². The van der Waals surface area contributed by atoms with Gasteiger partial charge >= 0.3 is 5.97 Å². The molecule has 0 aliphatic carbocycles. The average Bonchev–Trinajstić information content (AvgIpc) is 2.46. The van der Waals surface area contributed by atoms with E-state index in [1.54, 1.807) is 30.3 Å². The van der Waals surface area contributed by atoms with E-state index in [1.165, 1.54) is 18.2 Å². The predicted molar refractivity (Wildman–Crippen MR) is 88.4 cm³/mol. The molecule has 2 aromatic carbocycles. The molecule has 1 atom stereocenters. The van der Waals surface area contributed by atoms with Crippen LogP contribution in [0, 0.1) is 0 Å². The Morgan fingerprint density at radius 3 is 2.17 bits per heavy atom. The quantitative estimate of drug-likeness (QED) is 0.814. The van der Waals surface area contributed by atoms with Crippen LogP contribution in [0.15, 0.2) is 53.4 Å². The second-order valence-corrected chi connectivity index (χ2v) is 7.39. The Balaban J connectivity index is 2.26. The van der Waals surface area contributed by atoms with Crippen LogP contribution in [-0.4, -0.2) is 25.5 Å². The van der Waals surface area contributed by atoms with Crippen molar-refractivity contribution in [1.29, 1.82) is 0 Å². The molecular formula is C15H13Cl2NO4S. The zero-order valence-corrected chi connectivity index (χ0v) is 14.1. The van der Waals surface area contributed by atoms with E-state index in [0.29, 0.717) is 5.56 Å². The minimum absolute atomic E-state index is 0.0176. The molecule has 0 aromatic heterocycles. The van der Waals surface area contributed by atoms with Gasteiger partial charge in [0.25, 0.3) is 0 Å². The number of benzene rings is 2. The van der Waals surface area contributed by atoms with Crippen molar-refractivity contribution in [2.75, 3.05) is 0 Å². The first-order chi connectivity index (χ1) is 10.8. The first-order valence-corrected chi connectivity index (χ1v) is 8.77. The maximum Gasteiger partial charge on any atom is 0.322 e. The summed E-state index contributed by atoms with van der Waals surface area (Å²) in [5, 5.41) is 9.57. The standard InChI is InChI=1S/C15H13Cl2NO4S/c16-11-7-12(17)9-13(8-11)23(21,22)18-14(15(19)20)6-10-4-2-1-3-5-10/h1-5,7-9,14,18H,6H2,(H,19,20). The largest absolute Gasteiger partial charge is 0.480 e. The second kappa shape index (κ2) is 7.31. The Kier molecular flexibility index (Phi) is 5.64. The van der Waals surface area contributed by atoms with Crippen molar-refractivity contribution in [1.82, 2.24) is 4.72 Å². The maximum atomic E-state index is 12.3. The molecule has 0 saturated carbocycles. The van der Waals surface area contributed by atoms with Crippen LogP contribution >= 0.6 is 23.2 Å². The highest BCUT2D eigenvalue weighted by Gasteiger charge is 2.26. The van der Waals surface area contributed by atoms with E-state index in [0.717, 1.165) is 0 Å². The van der Waals surface area contributed by atoms with Gasteiger partial charge in [-0.2, -0.15) is 4.72 Å². The fourth-order valence-electron chi connectivity index (χ4n) is 1.97. The van der Waals surface area contributed by atoms with Crippen molar-refractivity contribution in [3.63, 3.8) is 0 Å². The molecule has 0 amide bonds. The minimum atomic E-state index is -4.07. The zero-order chi connectivity index (χ0) is 17.0. The van der Waals surface area contributed by atoms with Crippen molar-refractivity contribution in [3.8, 4) is 0 Å². The molecule has 23 heavy (non-hydrogen) atoms. The number of sulfonamides is 1. The van der Waals surface area contributed by atoms with E-state index in [1.807, 2.05) is 0 Å². The molecule has 122 valence electrons. The van der Waals surface area contributed by atoms with Crippen molar-refractivity contribution in [2.45, 2.75) is 17.4 Å². The van der Waals surface area contributed by atoms with Crippen molar-refractivity contribution >= 4 is 39.2 Å². The molecule has 2 aromatic rings. The predicted octanol–water partition coefficient (Wildman–Crippen LogP) is 2.97. The normalized spacial score (nSPS) is 12.8. The number of hydrogen-bond donors (Lipinski definition) is 2. The number of carbonyl (C=O) groups is 1. The molecule has 5 nitrogen and oxygen atoms in total. The molecule has 2 rings (SSSR count). The van der Waals surface area contributed by atoms with Gasteiger partial charge in [-0.25, -0.2) is 8.42 Å². The fraction of sp³-hybridized carbons (Fsp3) is 0.133. The lowest BCUT2D eigenvalue weighted by Gasteiger charge is -2.15. The van der Waals surface area contributed by atoms with E-state index in [-0.39, 0.29) is 21.4 Å². The summed E-state index contributed by atoms with van der Waals surface area (Å²) < 4.78 is 26.9. The smallest absolute Gasteiger partial charge is 0.322 e. The zero-order valence-electron chi connectivity index (χ0n) is 11.7. The molecule has 0 saturated heterocycles. The third kappa shape index (κ3) is 4.94. The van der Waals surface area contributed by atoms with E-state index < -0.39 is 22.0 Å². The molecule has 0 aliphatic rings. The van der Waals surface area contributed by atoms with Gasteiger partial charge in [-0.05, 0) is 30.2 Å². The number of carboxylic acids is 1. The fourth-order valence-corrected chi connectivity index (χ4v) is 3.88. The molecule has 0 bridgehead atoms. The van der Waals surface area contributed by atoms with Crippen LogP contribution in [0.2, 0.25) is 10.0 Å². The average molecular weight is 374 g/mol. The van der Waals surface area contributed by atoms with Crippen LogP contribution in [-0.2, 0) is 21.2 Å². The number of nitrogens with one attached hydrogen (secondary N) is 1. The van der Waals surface area contributed by atoms with E-state index >= 15 is 0 Å². The third-order valence-electron chi connectivity index (χ3n) is 3.02. The van der Waals surface area contributed by atoms with Crippen LogP contribution in [0.4, 0.5) is 0 Å². The van der Waals surface area contributed by atoms with Crippen LogP contribution in [0.25, 0.3) is 0 Å². The van der Waals surface area contributed by atoms with Gasteiger partial charge in [0.05, 0.1) is 4.90 Å². The van der Waals surface area contributed by atoms with Gasteiger partial charge in [0.15, 0.2) is 0 Å². The number of carboxylic acid groups (broad SMARTS) is 1. The lowest BCUT2D eigenvalue weighted by atomic mass is 10.1. The first-order valence-electron chi connectivity index (χ1n) is 6.53. The number of aliphatic carboxylic acids is 1. The number of hydrogen-bond acceptors (Lipinski definition) is 3. The van der Waals surface area contributed by atoms with Crippen LogP contribution in [0.3, 0.4) is 0 Å². The molecule has 0 heterocycles. The highest BCUT2D eigenvalue weighted by atomic mass is 35.5. The van der Waals surface area contributed by atoms with Crippen molar-refractivity contribution < 1.29 is 18.3 Å². The van der Waals surface area contributed by atoms with Crippen molar-refractivity contribution in [2.24, 2.45) is 0 Å². The summed E-state index contributed by atoms with van der Waals surface area (Å²) in [6.07, 6.45) is 0.0176. The summed E-state index contributed by atoms with van der Waals surface area (Å²) in [6.45, 7) is 0. The molecule has 8 heteroatoms. The summed E-state index contributed by atoms with van der Waals surface area (Å²) >= 11 is 11.6. The lowest BCUT2D eigenvalue weighted by molar-refractivity contribution is -0.138. The summed E-state index contributed by atoms with van der Waals surface area (Å²) in [6, 6.07) is 11.2. The molecule has 1 unspecified atom stereocenters. The Bertz CT molecular complexity index is 789. The lowest BCUT2D eigenvalue weighted by Crippen LogP contribution is -2.42. The van der Waals surface area contributed by atoms with E-state index in [9.17, 15) is 18.3 Å². The molecule has 2 N–H and O–H groups in total. The van der Waals surface area contributed by atoms with Crippen LogP contribution in [0.5, 0.6) is 0 Å². The Labute approximate surface area is 143 Å². The third-order valence-corrected chi connectivity index (χ3v) is 4.91. The van der Waals surface area contributed by atoms with Crippen LogP contribution in [0.1, 0.15) is 5.56 Å². The number of rotatable bonds is 6. The maximum absolute atomic E-state index is 12.3. The van der Waals surface area contributed by atoms with Gasteiger partial charge in [0.2, 0.25) is 10.0 Å². The SMILES string of the molecule is O=C(O)C(Cc1ccccc1)NS(=O)(=O)c1cc(Cl)cc(Cl)c1. The molecule has 0 aliphatic heterocycles. The van der Waals surface area contributed by atoms with Gasteiger partial charge in [-0.1, -0.05) is 53.5 Å². The molecule has 0 fully saturated rings. The molecule has 0 radical (unpaired) electrons. The van der Waals surface area contributed by atoms with Gasteiger partial charge in [0, 0.05) is 10.0 Å². The monoisotopic (exact) mass is 373 g/mol. The Hall–Kier alpha value is -1.60. The molecular weight excluding hydrogens is 361 g/mol. The molecule has 0 spiro atoms.